The molecule has 0 heterocycles. The SMILES string of the molecule is CNCc1cc(-c2ccc(OC(F)(F)F)cc2)c(C)c(OC)c1CO. The van der Waals surface area contributed by atoms with Crippen LogP contribution in [0.1, 0.15) is 16.7 Å². The predicted molar refractivity (Wildman–Crippen MR) is 88.5 cm³/mol. The lowest BCUT2D eigenvalue weighted by Gasteiger charge is -2.19. The van der Waals surface area contributed by atoms with Crippen LogP contribution in [0.5, 0.6) is 11.5 Å². The highest BCUT2D eigenvalue weighted by atomic mass is 19.4. The van der Waals surface area contributed by atoms with E-state index < -0.39 is 6.36 Å². The molecule has 2 aromatic carbocycles. The summed E-state index contributed by atoms with van der Waals surface area (Å²) in [5, 5.41) is 12.7. The fourth-order valence-corrected chi connectivity index (χ4v) is 2.80. The molecule has 0 aromatic heterocycles. The summed E-state index contributed by atoms with van der Waals surface area (Å²) in [5.74, 6) is 0.296. The topological polar surface area (TPSA) is 50.7 Å². The lowest BCUT2D eigenvalue weighted by molar-refractivity contribution is -0.274. The van der Waals surface area contributed by atoms with E-state index in [1.807, 2.05) is 13.0 Å². The van der Waals surface area contributed by atoms with Gasteiger partial charge in [-0.15, -0.1) is 13.2 Å². The molecular formula is C18H20F3NO3. The molecule has 0 radical (unpaired) electrons. The molecule has 0 spiro atoms. The van der Waals surface area contributed by atoms with Gasteiger partial charge in [-0.3, -0.25) is 0 Å². The van der Waals surface area contributed by atoms with Crippen LogP contribution < -0.4 is 14.8 Å². The lowest BCUT2D eigenvalue weighted by Crippen LogP contribution is -2.16. The second-order valence-electron chi connectivity index (χ2n) is 5.48. The first kappa shape index (κ1) is 19.1. The third kappa shape index (κ3) is 4.43. The Labute approximate surface area is 144 Å². The maximum atomic E-state index is 12.3. The number of hydrogen-bond donors (Lipinski definition) is 2. The van der Waals surface area contributed by atoms with Gasteiger partial charge in [0.2, 0.25) is 0 Å². The number of aliphatic hydroxyl groups is 1. The summed E-state index contributed by atoms with van der Waals surface area (Å²) in [6, 6.07) is 7.56. The zero-order valence-corrected chi connectivity index (χ0v) is 14.2. The van der Waals surface area contributed by atoms with Crippen molar-refractivity contribution in [2.24, 2.45) is 0 Å². The Kier molecular flexibility index (Phi) is 5.92. The molecule has 0 fully saturated rings. The van der Waals surface area contributed by atoms with Gasteiger partial charge < -0.3 is 19.9 Å². The van der Waals surface area contributed by atoms with Gasteiger partial charge in [0.1, 0.15) is 11.5 Å². The number of nitrogens with one attached hydrogen (secondary N) is 1. The van der Waals surface area contributed by atoms with Crippen molar-refractivity contribution >= 4 is 0 Å². The van der Waals surface area contributed by atoms with Gasteiger partial charge in [-0.05, 0) is 54.4 Å². The molecule has 0 aliphatic carbocycles. The first-order chi connectivity index (χ1) is 11.8. The van der Waals surface area contributed by atoms with Crippen LogP contribution in [-0.4, -0.2) is 25.6 Å². The van der Waals surface area contributed by atoms with Crippen molar-refractivity contribution in [2.45, 2.75) is 26.4 Å². The molecule has 0 amide bonds. The summed E-state index contributed by atoms with van der Waals surface area (Å²) in [6.45, 7) is 2.20. The highest BCUT2D eigenvalue weighted by Crippen LogP contribution is 2.36. The molecule has 2 N–H and O–H groups in total. The summed E-state index contributed by atoms with van der Waals surface area (Å²) >= 11 is 0. The Morgan fingerprint density at radius 1 is 1.16 bits per heavy atom. The van der Waals surface area contributed by atoms with E-state index in [2.05, 4.69) is 10.1 Å². The molecule has 2 aromatic rings. The second-order valence-corrected chi connectivity index (χ2v) is 5.48. The molecule has 0 aliphatic rings. The molecule has 136 valence electrons. The van der Waals surface area contributed by atoms with Gasteiger partial charge in [0.15, 0.2) is 0 Å². The number of methoxy groups -OCH3 is 1. The average molecular weight is 355 g/mol. The average Bonchev–Trinajstić information content (AvgIpc) is 2.55. The number of rotatable bonds is 6. The monoisotopic (exact) mass is 355 g/mol. The fraction of sp³-hybridized carbons (Fsp3) is 0.333. The van der Waals surface area contributed by atoms with Crippen molar-refractivity contribution in [3.63, 3.8) is 0 Å². The highest BCUT2D eigenvalue weighted by molar-refractivity contribution is 5.73. The minimum Gasteiger partial charge on any atom is -0.496 e. The zero-order valence-electron chi connectivity index (χ0n) is 14.2. The Morgan fingerprint density at radius 2 is 1.80 bits per heavy atom. The van der Waals surface area contributed by atoms with Crippen molar-refractivity contribution in [3.8, 4) is 22.6 Å². The number of alkyl halides is 3. The van der Waals surface area contributed by atoms with E-state index in [1.54, 1.807) is 19.2 Å². The van der Waals surface area contributed by atoms with Crippen LogP contribution in [0.3, 0.4) is 0 Å². The number of aliphatic hydroxyl groups excluding tert-OH is 1. The number of hydrogen-bond acceptors (Lipinski definition) is 4. The van der Waals surface area contributed by atoms with E-state index in [-0.39, 0.29) is 12.4 Å². The molecule has 0 saturated carbocycles. The highest BCUT2D eigenvalue weighted by Gasteiger charge is 2.31. The van der Waals surface area contributed by atoms with Crippen LogP contribution in [-0.2, 0) is 13.2 Å². The Hall–Kier alpha value is -2.25. The van der Waals surface area contributed by atoms with Crippen molar-refractivity contribution in [1.82, 2.24) is 5.32 Å². The smallest absolute Gasteiger partial charge is 0.496 e. The first-order valence-corrected chi connectivity index (χ1v) is 7.61. The summed E-state index contributed by atoms with van der Waals surface area (Å²) < 4.78 is 46.2. The second kappa shape index (κ2) is 7.76. The normalized spacial score (nSPS) is 11.5. The maximum Gasteiger partial charge on any atom is 0.573 e. The van der Waals surface area contributed by atoms with Crippen LogP contribution >= 0.6 is 0 Å². The third-order valence-corrected chi connectivity index (χ3v) is 3.85. The molecule has 25 heavy (non-hydrogen) atoms. The molecule has 2 rings (SSSR count). The molecule has 0 aliphatic heterocycles. The van der Waals surface area contributed by atoms with E-state index in [1.165, 1.54) is 19.2 Å². The van der Waals surface area contributed by atoms with Crippen molar-refractivity contribution < 1.29 is 27.8 Å². The lowest BCUT2D eigenvalue weighted by atomic mass is 9.93. The van der Waals surface area contributed by atoms with E-state index in [0.717, 1.165) is 22.3 Å². The Balaban J connectivity index is 2.49. The van der Waals surface area contributed by atoms with E-state index in [4.69, 9.17) is 4.74 Å². The van der Waals surface area contributed by atoms with Crippen LogP contribution in [0.25, 0.3) is 11.1 Å². The van der Waals surface area contributed by atoms with Gasteiger partial charge in [0, 0.05) is 12.1 Å². The predicted octanol–water partition coefficient (Wildman–Crippen LogP) is 3.78. The van der Waals surface area contributed by atoms with Crippen LogP contribution in [0.2, 0.25) is 0 Å². The molecule has 4 nitrogen and oxygen atoms in total. The minimum atomic E-state index is -4.72. The standard InChI is InChI=1S/C18H20F3NO3/c1-11-15(8-13(9-22-2)16(10-23)17(11)24-3)12-4-6-14(7-5-12)25-18(19,20)21/h4-8,22-23H,9-10H2,1-3H3. The van der Waals surface area contributed by atoms with Gasteiger partial charge in [0.05, 0.1) is 13.7 Å². The van der Waals surface area contributed by atoms with Gasteiger partial charge in [-0.25, -0.2) is 0 Å². The molecule has 7 heteroatoms. The van der Waals surface area contributed by atoms with E-state index in [9.17, 15) is 18.3 Å². The van der Waals surface area contributed by atoms with Crippen LogP contribution in [0.15, 0.2) is 30.3 Å². The minimum absolute atomic E-state index is 0.167. The zero-order chi connectivity index (χ0) is 18.6. The number of ether oxygens (including phenoxy) is 2. The largest absolute Gasteiger partial charge is 0.573 e. The number of halogens is 3. The molecule has 0 saturated heterocycles. The molecular weight excluding hydrogens is 335 g/mol. The summed E-state index contributed by atoms with van der Waals surface area (Å²) in [6.07, 6.45) is -4.72. The van der Waals surface area contributed by atoms with Gasteiger partial charge in [-0.2, -0.15) is 0 Å². The van der Waals surface area contributed by atoms with E-state index >= 15 is 0 Å². The summed E-state index contributed by atoms with van der Waals surface area (Å²) in [7, 11) is 3.31. The maximum absolute atomic E-state index is 12.3. The van der Waals surface area contributed by atoms with Gasteiger partial charge in [0.25, 0.3) is 0 Å². The Bertz CT molecular complexity index is 728. The van der Waals surface area contributed by atoms with Crippen LogP contribution in [0, 0.1) is 6.92 Å². The summed E-state index contributed by atoms with van der Waals surface area (Å²) in [5.41, 5.74) is 3.90. The number of benzene rings is 2. The van der Waals surface area contributed by atoms with E-state index in [0.29, 0.717) is 17.9 Å². The fourth-order valence-electron chi connectivity index (χ4n) is 2.80. The molecule has 0 unspecified atom stereocenters. The molecule has 0 bridgehead atoms. The third-order valence-electron chi connectivity index (χ3n) is 3.85. The Morgan fingerprint density at radius 3 is 2.28 bits per heavy atom. The quantitative estimate of drug-likeness (QED) is 0.828. The van der Waals surface area contributed by atoms with Crippen molar-refractivity contribution in [2.75, 3.05) is 14.2 Å². The van der Waals surface area contributed by atoms with Crippen molar-refractivity contribution in [3.05, 3.63) is 47.0 Å². The van der Waals surface area contributed by atoms with Gasteiger partial charge >= 0.3 is 6.36 Å². The van der Waals surface area contributed by atoms with Crippen LogP contribution in [0.4, 0.5) is 13.2 Å². The summed E-state index contributed by atoms with van der Waals surface area (Å²) in [4.78, 5) is 0. The molecule has 0 atom stereocenters. The first-order valence-electron chi connectivity index (χ1n) is 7.61. The van der Waals surface area contributed by atoms with Gasteiger partial charge in [-0.1, -0.05) is 12.1 Å². The van der Waals surface area contributed by atoms with Crippen molar-refractivity contribution in [1.29, 1.82) is 0 Å².